The Bertz CT molecular complexity index is 714. The fourth-order valence-corrected chi connectivity index (χ4v) is 4.99. The quantitative estimate of drug-likeness (QED) is 0.510. The maximum Gasteiger partial charge on any atom is 0.220 e. The largest absolute Gasteiger partial charge is 0.479 e. The molecule has 1 aromatic rings. The standard InChI is InChI=1S/C18H24O5S3/c1-3-23-18(24)25-16(11-9-14(2)19)12-10-15(20)13-26(21,22)17-7-5-4-6-8-17/h4-8,16H,3,9-13H2,1-2H3. The third kappa shape index (κ3) is 8.91. The topological polar surface area (TPSA) is 77.5 Å². The van der Waals surface area contributed by atoms with Crippen LogP contribution in [0.5, 0.6) is 0 Å². The van der Waals surface area contributed by atoms with E-state index in [9.17, 15) is 18.0 Å². The molecule has 8 heteroatoms. The predicted molar refractivity (Wildman–Crippen MR) is 108 cm³/mol. The van der Waals surface area contributed by atoms with E-state index in [1.807, 2.05) is 6.92 Å². The molecule has 26 heavy (non-hydrogen) atoms. The number of sulfone groups is 1. The molecule has 0 saturated heterocycles. The normalized spacial score (nSPS) is 12.4. The van der Waals surface area contributed by atoms with Crippen molar-refractivity contribution in [2.45, 2.75) is 49.7 Å². The van der Waals surface area contributed by atoms with E-state index in [1.54, 1.807) is 18.2 Å². The van der Waals surface area contributed by atoms with E-state index in [1.165, 1.54) is 30.8 Å². The first-order valence-electron chi connectivity index (χ1n) is 8.37. The number of carbonyl (C=O) groups excluding carboxylic acids is 2. The lowest BCUT2D eigenvalue weighted by atomic mass is 10.1. The highest BCUT2D eigenvalue weighted by molar-refractivity contribution is 8.23. The molecule has 0 bridgehead atoms. The molecule has 0 aliphatic carbocycles. The first kappa shape index (κ1) is 22.8. The van der Waals surface area contributed by atoms with Crippen LogP contribution >= 0.6 is 24.0 Å². The number of hydrogen-bond donors (Lipinski definition) is 0. The van der Waals surface area contributed by atoms with Crippen LogP contribution in [0.3, 0.4) is 0 Å². The lowest BCUT2D eigenvalue weighted by Gasteiger charge is -2.16. The van der Waals surface area contributed by atoms with Crippen LogP contribution in [-0.4, -0.2) is 42.0 Å². The second-order valence-electron chi connectivity index (χ2n) is 5.81. The number of ketones is 2. The van der Waals surface area contributed by atoms with E-state index in [0.29, 0.717) is 30.3 Å². The van der Waals surface area contributed by atoms with Crippen molar-refractivity contribution in [3.63, 3.8) is 0 Å². The van der Waals surface area contributed by atoms with Gasteiger partial charge in [-0.05, 0) is 51.0 Å². The van der Waals surface area contributed by atoms with Crippen molar-refractivity contribution < 1.29 is 22.7 Å². The van der Waals surface area contributed by atoms with Crippen molar-refractivity contribution in [3.05, 3.63) is 30.3 Å². The third-order valence-electron chi connectivity index (χ3n) is 3.54. The van der Waals surface area contributed by atoms with Gasteiger partial charge >= 0.3 is 0 Å². The Morgan fingerprint density at radius 2 is 1.77 bits per heavy atom. The Balaban J connectivity index is 2.61. The number of hydrogen-bond acceptors (Lipinski definition) is 7. The monoisotopic (exact) mass is 416 g/mol. The molecule has 0 N–H and O–H groups in total. The van der Waals surface area contributed by atoms with Gasteiger partial charge in [-0.25, -0.2) is 8.42 Å². The Morgan fingerprint density at radius 3 is 2.35 bits per heavy atom. The van der Waals surface area contributed by atoms with Gasteiger partial charge in [0.25, 0.3) is 0 Å². The van der Waals surface area contributed by atoms with Gasteiger partial charge < -0.3 is 9.53 Å². The van der Waals surface area contributed by atoms with Crippen molar-refractivity contribution in [1.82, 2.24) is 0 Å². The van der Waals surface area contributed by atoms with Gasteiger partial charge in [0, 0.05) is 18.1 Å². The van der Waals surface area contributed by atoms with Crippen molar-refractivity contribution in [1.29, 1.82) is 0 Å². The van der Waals surface area contributed by atoms with E-state index >= 15 is 0 Å². The summed E-state index contributed by atoms with van der Waals surface area (Å²) in [5, 5.41) is -0.0543. The van der Waals surface area contributed by atoms with Gasteiger partial charge in [0.15, 0.2) is 9.84 Å². The highest BCUT2D eigenvalue weighted by Crippen LogP contribution is 2.24. The Labute approximate surface area is 164 Å². The smallest absolute Gasteiger partial charge is 0.220 e. The van der Waals surface area contributed by atoms with Crippen LogP contribution in [0.1, 0.15) is 39.5 Å². The minimum absolute atomic E-state index is 0.0543. The van der Waals surface area contributed by atoms with Crippen molar-refractivity contribution in [3.8, 4) is 0 Å². The second kappa shape index (κ2) is 11.5. The van der Waals surface area contributed by atoms with Crippen molar-refractivity contribution in [2.75, 3.05) is 12.4 Å². The van der Waals surface area contributed by atoms with Gasteiger partial charge in [0.2, 0.25) is 4.38 Å². The van der Waals surface area contributed by atoms with E-state index in [-0.39, 0.29) is 28.1 Å². The fraction of sp³-hybridized carbons (Fsp3) is 0.500. The average Bonchev–Trinajstić information content (AvgIpc) is 2.58. The van der Waals surface area contributed by atoms with Crippen LogP contribution in [-0.2, 0) is 24.2 Å². The van der Waals surface area contributed by atoms with E-state index in [4.69, 9.17) is 17.0 Å². The average molecular weight is 417 g/mol. The first-order chi connectivity index (χ1) is 12.2. The molecule has 0 radical (unpaired) electrons. The molecular weight excluding hydrogens is 392 g/mol. The molecular formula is C18H24O5S3. The van der Waals surface area contributed by atoms with Crippen LogP contribution in [0, 0.1) is 0 Å². The molecule has 1 atom stereocenters. The van der Waals surface area contributed by atoms with Crippen LogP contribution in [0.4, 0.5) is 0 Å². The zero-order valence-corrected chi connectivity index (χ0v) is 17.4. The molecule has 0 aliphatic rings. The summed E-state index contributed by atoms with van der Waals surface area (Å²) < 4.78 is 30.1. The zero-order chi connectivity index (χ0) is 19.6. The third-order valence-corrected chi connectivity index (χ3v) is 6.76. The fourth-order valence-electron chi connectivity index (χ4n) is 2.23. The Hall–Kier alpha value is -1.25. The molecule has 1 aromatic carbocycles. The number of ether oxygens (including phenoxy) is 1. The number of rotatable bonds is 11. The van der Waals surface area contributed by atoms with Crippen molar-refractivity contribution >= 4 is 49.8 Å². The maximum atomic E-state index is 12.3. The number of thiocarbonyl (C=S) groups is 1. The maximum absolute atomic E-state index is 12.3. The molecule has 0 amide bonds. The SMILES string of the molecule is CCOC(=S)SC(CCC(C)=O)CCC(=O)CS(=O)(=O)c1ccccc1. The molecule has 1 unspecified atom stereocenters. The van der Waals surface area contributed by atoms with Crippen molar-refractivity contribution in [2.24, 2.45) is 0 Å². The molecule has 0 heterocycles. The zero-order valence-electron chi connectivity index (χ0n) is 15.0. The van der Waals surface area contributed by atoms with Gasteiger partial charge in [0.05, 0.1) is 11.5 Å². The Morgan fingerprint density at radius 1 is 1.15 bits per heavy atom. The summed E-state index contributed by atoms with van der Waals surface area (Å²) in [6, 6.07) is 7.93. The second-order valence-corrected chi connectivity index (χ2v) is 9.70. The highest BCUT2D eigenvalue weighted by Gasteiger charge is 2.21. The van der Waals surface area contributed by atoms with Crippen LogP contribution in [0.25, 0.3) is 0 Å². The lowest BCUT2D eigenvalue weighted by Crippen LogP contribution is -2.18. The summed E-state index contributed by atoms with van der Waals surface area (Å²) in [5.74, 6) is -0.794. The minimum Gasteiger partial charge on any atom is -0.479 e. The minimum atomic E-state index is -3.63. The molecule has 0 aromatic heterocycles. The molecule has 0 aliphatic heterocycles. The van der Waals surface area contributed by atoms with E-state index in [0.717, 1.165) is 0 Å². The van der Waals surface area contributed by atoms with Gasteiger partial charge in [0.1, 0.15) is 17.3 Å². The van der Waals surface area contributed by atoms with Gasteiger partial charge in [-0.3, -0.25) is 4.79 Å². The van der Waals surface area contributed by atoms with Crippen LogP contribution in [0.15, 0.2) is 35.2 Å². The summed E-state index contributed by atoms with van der Waals surface area (Å²) in [5.41, 5.74) is 0. The first-order valence-corrected chi connectivity index (χ1v) is 11.3. The number of carbonyl (C=O) groups is 2. The summed E-state index contributed by atoms with van der Waals surface area (Å²) in [6.07, 6.45) is 1.54. The number of Topliss-reactive ketones (excluding diaryl/α,β-unsaturated/α-hetero) is 2. The predicted octanol–water partition coefficient (Wildman–Crippen LogP) is 3.60. The summed E-state index contributed by atoms with van der Waals surface area (Å²) in [7, 11) is -3.63. The molecule has 1 rings (SSSR count). The molecule has 5 nitrogen and oxygen atoms in total. The van der Waals surface area contributed by atoms with Crippen LogP contribution < -0.4 is 0 Å². The van der Waals surface area contributed by atoms with Gasteiger partial charge in [-0.1, -0.05) is 30.0 Å². The van der Waals surface area contributed by atoms with E-state index in [2.05, 4.69) is 0 Å². The lowest BCUT2D eigenvalue weighted by molar-refractivity contribution is -0.117. The summed E-state index contributed by atoms with van der Waals surface area (Å²) in [4.78, 5) is 23.5. The molecule has 0 saturated carbocycles. The Kier molecular flexibility index (Phi) is 10.0. The van der Waals surface area contributed by atoms with Crippen LogP contribution in [0.2, 0.25) is 0 Å². The summed E-state index contributed by atoms with van der Waals surface area (Å²) >= 11 is 6.44. The number of benzene rings is 1. The number of thioether (sulfide) groups is 1. The summed E-state index contributed by atoms with van der Waals surface area (Å²) in [6.45, 7) is 3.80. The molecule has 144 valence electrons. The molecule has 0 spiro atoms. The van der Waals surface area contributed by atoms with Gasteiger partial charge in [-0.15, -0.1) is 0 Å². The van der Waals surface area contributed by atoms with E-state index < -0.39 is 15.6 Å². The highest BCUT2D eigenvalue weighted by atomic mass is 32.2. The molecule has 0 fully saturated rings. The van der Waals surface area contributed by atoms with Gasteiger partial charge in [-0.2, -0.15) is 0 Å².